The van der Waals surface area contributed by atoms with E-state index < -0.39 is 14.6 Å². The number of hydrogen-bond acceptors (Lipinski definition) is 4. The van der Waals surface area contributed by atoms with E-state index in [1.54, 1.807) is 6.08 Å². The highest BCUT2D eigenvalue weighted by molar-refractivity contribution is 7.92. The number of benzene rings is 1. The minimum Gasteiger partial charge on any atom is -0.376 e. The number of morpholine rings is 1. The van der Waals surface area contributed by atoms with Crippen LogP contribution in [0.3, 0.4) is 0 Å². The second-order valence-corrected chi connectivity index (χ2v) is 9.25. The van der Waals surface area contributed by atoms with E-state index in [2.05, 4.69) is 5.32 Å². The number of nitrogens with one attached hydrogen (secondary N) is 1. The van der Waals surface area contributed by atoms with Crippen LogP contribution in [0.4, 0.5) is 0 Å². The molecule has 1 N–H and O–H groups in total. The summed E-state index contributed by atoms with van der Waals surface area (Å²) in [5.74, 6) is 0. The molecule has 1 aliphatic carbocycles. The first-order chi connectivity index (χ1) is 11.4. The minimum absolute atomic E-state index is 0.124. The Morgan fingerprint density at radius 2 is 2.08 bits per heavy atom. The molecule has 0 bridgehead atoms. The summed E-state index contributed by atoms with van der Waals surface area (Å²) < 4.78 is 29.8. The zero-order chi connectivity index (χ0) is 17.2. The topological polar surface area (TPSA) is 55.4 Å². The van der Waals surface area contributed by atoms with Gasteiger partial charge in [-0.3, -0.25) is 0 Å². The van der Waals surface area contributed by atoms with Gasteiger partial charge in [-0.2, -0.15) is 0 Å². The molecule has 0 spiro atoms. The molecule has 2 atom stereocenters. The van der Waals surface area contributed by atoms with E-state index in [9.17, 15) is 8.42 Å². The number of halogens is 1. The lowest BCUT2D eigenvalue weighted by Gasteiger charge is -2.36. The molecule has 4 nitrogen and oxygen atoms in total. The van der Waals surface area contributed by atoms with E-state index in [1.165, 1.54) is 6.26 Å². The monoisotopic (exact) mass is 367 g/mol. The van der Waals surface area contributed by atoms with Crippen molar-refractivity contribution < 1.29 is 13.2 Å². The molecule has 0 amide bonds. The van der Waals surface area contributed by atoms with Crippen LogP contribution in [0.25, 0.3) is 5.57 Å². The smallest absolute Gasteiger partial charge is 0.157 e. The van der Waals surface area contributed by atoms with Gasteiger partial charge in [-0.1, -0.05) is 54.1 Å². The molecule has 0 aromatic heterocycles. The molecule has 2 aliphatic rings. The van der Waals surface area contributed by atoms with Crippen molar-refractivity contribution in [2.24, 2.45) is 0 Å². The molecule has 1 unspecified atom stereocenters. The van der Waals surface area contributed by atoms with E-state index in [-0.39, 0.29) is 12.5 Å². The van der Waals surface area contributed by atoms with Gasteiger partial charge in [0.15, 0.2) is 9.84 Å². The molecule has 0 radical (unpaired) electrons. The highest BCUT2D eigenvalue weighted by Gasteiger charge is 2.43. The number of allylic oxidation sites excluding steroid dienone is 3. The van der Waals surface area contributed by atoms with E-state index in [4.69, 9.17) is 16.3 Å². The van der Waals surface area contributed by atoms with Gasteiger partial charge in [-0.15, -0.1) is 0 Å². The maximum atomic E-state index is 12.6. The summed E-state index contributed by atoms with van der Waals surface area (Å²) in [6.07, 6.45) is 5.50. The van der Waals surface area contributed by atoms with Crippen molar-refractivity contribution in [3.05, 3.63) is 53.1 Å². The number of rotatable bonds is 4. The van der Waals surface area contributed by atoms with Crippen molar-refractivity contribution in [1.82, 2.24) is 5.32 Å². The van der Waals surface area contributed by atoms with E-state index in [1.807, 2.05) is 36.4 Å². The van der Waals surface area contributed by atoms with Gasteiger partial charge >= 0.3 is 0 Å². The molecule has 1 aliphatic heterocycles. The van der Waals surface area contributed by atoms with Gasteiger partial charge in [-0.05, 0) is 17.6 Å². The second kappa shape index (κ2) is 7.00. The van der Waals surface area contributed by atoms with Crippen molar-refractivity contribution in [2.75, 3.05) is 26.0 Å². The van der Waals surface area contributed by atoms with Crippen LogP contribution in [0, 0.1) is 0 Å². The maximum absolute atomic E-state index is 12.6. The summed E-state index contributed by atoms with van der Waals surface area (Å²) in [6, 6.07) is 9.78. The molecule has 0 saturated carbocycles. The molecule has 1 fully saturated rings. The lowest BCUT2D eigenvalue weighted by Crippen LogP contribution is -2.47. The van der Waals surface area contributed by atoms with Crippen LogP contribution in [-0.2, 0) is 14.6 Å². The fourth-order valence-corrected chi connectivity index (χ4v) is 5.00. The van der Waals surface area contributed by atoms with Crippen LogP contribution in [-0.4, -0.2) is 45.2 Å². The summed E-state index contributed by atoms with van der Waals surface area (Å²) in [5.41, 5.74) is 1.88. The Labute approximate surface area is 148 Å². The molecule has 1 saturated heterocycles. The van der Waals surface area contributed by atoms with Crippen LogP contribution >= 0.6 is 11.6 Å². The number of ether oxygens (including phenoxy) is 1. The average molecular weight is 368 g/mol. The first-order valence-corrected chi connectivity index (χ1v) is 10.3. The zero-order valence-corrected chi connectivity index (χ0v) is 15.2. The molecule has 130 valence electrons. The Balaban J connectivity index is 1.90. The van der Waals surface area contributed by atoms with Gasteiger partial charge in [0.05, 0.1) is 17.5 Å². The number of sulfone groups is 1. The van der Waals surface area contributed by atoms with E-state index in [0.717, 1.165) is 17.7 Å². The molecular formula is C18H22ClNO3S. The molecule has 1 aromatic rings. The Kier molecular flexibility index (Phi) is 5.16. The quantitative estimate of drug-likeness (QED) is 0.889. The highest BCUT2D eigenvalue weighted by atomic mass is 35.5. The molecule has 3 rings (SSSR count). The molecule has 6 heteroatoms. The lowest BCUT2D eigenvalue weighted by atomic mass is 9.88. The van der Waals surface area contributed by atoms with Gasteiger partial charge < -0.3 is 10.1 Å². The molecular weight excluding hydrogens is 346 g/mol. The van der Waals surface area contributed by atoms with Crippen molar-refractivity contribution in [3.8, 4) is 0 Å². The predicted molar refractivity (Wildman–Crippen MR) is 97.8 cm³/mol. The third-order valence-corrected chi connectivity index (χ3v) is 6.96. The maximum Gasteiger partial charge on any atom is 0.157 e. The van der Waals surface area contributed by atoms with Gasteiger partial charge in [0.2, 0.25) is 0 Å². The standard InChI is InChI=1S/C18H22ClNO3S/c1-24(21,22)18(11-15-13-20-9-10-23-15)8-7-16(17(19)12-18)14-5-3-2-4-6-14/h2-8,15,20H,9-13H2,1H3/t15-,18?/m1/s1. The fourth-order valence-electron chi connectivity index (χ4n) is 3.30. The summed E-state index contributed by atoms with van der Waals surface area (Å²) >= 11 is 6.53. The first-order valence-electron chi connectivity index (χ1n) is 8.06. The fraction of sp³-hybridized carbons (Fsp3) is 0.444. The van der Waals surface area contributed by atoms with Gasteiger partial charge in [0, 0.05) is 30.8 Å². The summed E-state index contributed by atoms with van der Waals surface area (Å²) in [6.45, 7) is 2.07. The third-order valence-electron chi connectivity index (χ3n) is 4.70. The van der Waals surface area contributed by atoms with Crippen molar-refractivity contribution in [3.63, 3.8) is 0 Å². The van der Waals surface area contributed by atoms with Crippen LogP contribution in [0.2, 0.25) is 0 Å². The largest absolute Gasteiger partial charge is 0.376 e. The van der Waals surface area contributed by atoms with Gasteiger partial charge in [-0.25, -0.2) is 8.42 Å². The zero-order valence-electron chi connectivity index (χ0n) is 13.7. The van der Waals surface area contributed by atoms with Crippen LogP contribution < -0.4 is 5.32 Å². The Morgan fingerprint density at radius 3 is 2.67 bits per heavy atom. The highest BCUT2D eigenvalue weighted by Crippen LogP contribution is 2.41. The summed E-state index contributed by atoms with van der Waals surface area (Å²) in [5, 5.41) is 3.83. The predicted octanol–water partition coefficient (Wildman–Crippen LogP) is 2.76. The Morgan fingerprint density at radius 1 is 1.33 bits per heavy atom. The summed E-state index contributed by atoms with van der Waals surface area (Å²) in [4.78, 5) is 0. The average Bonchev–Trinajstić information content (AvgIpc) is 2.56. The first kappa shape index (κ1) is 17.7. The van der Waals surface area contributed by atoms with Crippen molar-refractivity contribution in [1.29, 1.82) is 0 Å². The molecule has 1 heterocycles. The van der Waals surface area contributed by atoms with Crippen molar-refractivity contribution >= 4 is 27.0 Å². The van der Waals surface area contributed by atoms with Crippen LogP contribution in [0.5, 0.6) is 0 Å². The normalized spacial score (nSPS) is 28.2. The minimum atomic E-state index is -3.34. The van der Waals surface area contributed by atoms with Crippen molar-refractivity contribution in [2.45, 2.75) is 23.7 Å². The van der Waals surface area contributed by atoms with E-state index in [0.29, 0.717) is 24.6 Å². The summed E-state index contributed by atoms with van der Waals surface area (Å²) in [7, 11) is -3.34. The SMILES string of the molecule is CS(=O)(=O)C1(C[C@@H]2CNCCO2)C=CC(c2ccccc2)=C(Cl)C1. The van der Waals surface area contributed by atoms with Gasteiger partial charge in [0.1, 0.15) is 0 Å². The van der Waals surface area contributed by atoms with Crippen LogP contribution in [0.1, 0.15) is 18.4 Å². The van der Waals surface area contributed by atoms with Gasteiger partial charge in [0.25, 0.3) is 0 Å². The third kappa shape index (κ3) is 3.59. The second-order valence-electron chi connectivity index (χ2n) is 6.43. The van der Waals surface area contributed by atoms with E-state index >= 15 is 0 Å². The lowest BCUT2D eigenvalue weighted by molar-refractivity contribution is 0.0192. The van der Waals surface area contributed by atoms with Crippen LogP contribution in [0.15, 0.2) is 47.5 Å². The molecule has 24 heavy (non-hydrogen) atoms. The molecule has 1 aromatic carbocycles. The number of hydrogen-bond donors (Lipinski definition) is 1. The Hall–Kier alpha value is -1.14. The Bertz CT molecular complexity index is 752.